The third kappa shape index (κ3) is 3.71. The first-order chi connectivity index (χ1) is 9.63. The van der Waals surface area contributed by atoms with Crippen LogP contribution >= 0.6 is 0 Å². The fraction of sp³-hybridized carbons (Fsp3) is 0.933. The predicted octanol–water partition coefficient (Wildman–Crippen LogP) is 0.859. The lowest BCUT2D eigenvalue weighted by Crippen LogP contribution is -2.54. The minimum atomic E-state index is -0.566. The van der Waals surface area contributed by atoms with Gasteiger partial charge in [0.15, 0.2) is 0 Å². The van der Waals surface area contributed by atoms with E-state index >= 15 is 0 Å². The molecule has 1 saturated heterocycles. The maximum atomic E-state index is 12.4. The Labute approximate surface area is 121 Å². The summed E-state index contributed by atoms with van der Waals surface area (Å²) in [5.74, 6) is 0.118. The molecule has 5 nitrogen and oxygen atoms in total. The topological polar surface area (TPSA) is 53.0 Å². The minimum absolute atomic E-state index is 0.106. The second-order valence-electron chi connectivity index (χ2n) is 6.10. The van der Waals surface area contributed by atoms with E-state index in [0.717, 1.165) is 32.4 Å². The van der Waals surface area contributed by atoms with Crippen molar-refractivity contribution in [3.05, 3.63) is 0 Å². The van der Waals surface area contributed by atoms with Gasteiger partial charge in [-0.05, 0) is 45.2 Å². The second-order valence-corrected chi connectivity index (χ2v) is 6.10. The van der Waals surface area contributed by atoms with E-state index in [4.69, 9.17) is 4.74 Å². The Kier molecular flexibility index (Phi) is 5.81. The number of likely N-dealkylation sites (tertiary alicyclic amines) is 1. The van der Waals surface area contributed by atoms with Gasteiger partial charge in [-0.3, -0.25) is 9.69 Å². The molecule has 5 heteroatoms. The van der Waals surface area contributed by atoms with Gasteiger partial charge < -0.3 is 14.7 Å². The van der Waals surface area contributed by atoms with Gasteiger partial charge in [-0.1, -0.05) is 6.42 Å². The smallest absolute Gasteiger partial charge is 0.236 e. The number of aliphatic hydroxyl groups is 1. The van der Waals surface area contributed by atoms with Crippen molar-refractivity contribution >= 4 is 5.91 Å². The third-order valence-electron chi connectivity index (χ3n) is 4.76. The Morgan fingerprint density at radius 2 is 1.95 bits per heavy atom. The van der Waals surface area contributed by atoms with Crippen molar-refractivity contribution in [2.24, 2.45) is 0 Å². The van der Waals surface area contributed by atoms with Crippen LogP contribution in [0.15, 0.2) is 0 Å². The third-order valence-corrected chi connectivity index (χ3v) is 4.76. The lowest BCUT2D eigenvalue weighted by Gasteiger charge is -2.40. The molecule has 3 atom stereocenters. The molecule has 20 heavy (non-hydrogen) atoms. The summed E-state index contributed by atoms with van der Waals surface area (Å²) in [5, 5.41) is 10.3. The molecule has 2 aliphatic rings. The lowest BCUT2D eigenvalue weighted by molar-refractivity contribution is -0.141. The fourth-order valence-electron chi connectivity index (χ4n) is 3.40. The van der Waals surface area contributed by atoms with Gasteiger partial charge >= 0.3 is 0 Å². The molecule has 0 aromatic carbocycles. The zero-order valence-corrected chi connectivity index (χ0v) is 12.8. The van der Waals surface area contributed by atoms with Gasteiger partial charge in [0, 0.05) is 14.2 Å². The van der Waals surface area contributed by atoms with Crippen molar-refractivity contribution in [3.8, 4) is 0 Å². The summed E-state index contributed by atoms with van der Waals surface area (Å²) < 4.78 is 5.32. The fourth-order valence-corrected chi connectivity index (χ4v) is 3.40. The highest BCUT2D eigenvalue weighted by Crippen LogP contribution is 2.25. The number of methoxy groups -OCH3 is 1. The van der Waals surface area contributed by atoms with Gasteiger partial charge in [-0.25, -0.2) is 0 Å². The molecule has 1 heterocycles. The summed E-state index contributed by atoms with van der Waals surface area (Å²) in [6.45, 7) is 2.53. The van der Waals surface area contributed by atoms with Crippen LogP contribution in [0.5, 0.6) is 0 Å². The lowest BCUT2D eigenvalue weighted by atomic mass is 9.89. The number of amides is 1. The molecule has 0 bridgehead atoms. The number of piperidine rings is 1. The van der Waals surface area contributed by atoms with Crippen LogP contribution in [0.3, 0.4) is 0 Å². The number of hydrogen-bond acceptors (Lipinski definition) is 4. The summed E-state index contributed by atoms with van der Waals surface area (Å²) in [6.07, 6.45) is 5.69. The SMILES string of the molecule is CO[C@@H]1CCC[C@@H](N(C)C(=O)CN2CCCCC2)[C@H]1O. The number of ether oxygens (including phenoxy) is 1. The average Bonchev–Trinajstić information content (AvgIpc) is 2.48. The van der Waals surface area contributed by atoms with E-state index in [-0.39, 0.29) is 18.1 Å². The average molecular weight is 284 g/mol. The number of carbonyl (C=O) groups excluding carboxylic acids is 1. The molecular formula is C15H28N2O3. The molecule has 2 rings (SSSR count). The Bertz CT molecular complexity index is 318. The van der Waals surface area contributed by atoms with Crippen molar-refractivity contribution in [2.45, 2.75) is 56.8 Å². The molecule has 0 unspecified atom stereocenters. The van der Waals surface area contributed by atoms with Crippen molar-refractivity contribution in [1.29, 1.82) is 0 Å². The molecule has 2 fully saturated rings. The number of nitrogens with zero attached hydrogens (tertiary/aromatic N) is 2. The van der Waals surface area contributed by atoms with Gasteiger partial charge in [0.2, 0.25) is 5.91 Å². The van der Waals surface area contributed by atoms with Crippen molar-refractivity contribution in [2.75, 3.05) is 33.8 Å². The molecule has 0 radical (unpaired) electrons. The van der Waals surface area contributed by atoms with Crippen molar-refractivity contribution < 1.29 is 14.6 Å². The Hall–Kier alpha value is -0.650. The normalized spacial score (nSPS) is 32.0. The van der Waals surface area contributed by atoms with Crippen LogP contribution < -0.4 is 0 Å². The maximum Gasteiger partial charge on any atom is 0.236 e. The van der Waals surface area contributed by atoms with E-state index < -0.39 is 6.10 Å². The van der Waals surface area contributed by atoms with Gasteiger partial charge in [-0.15, -0.1) is 0 Å². The first-order valence-electron chi connectivity index (χ1n) is 7.82. The predicted molar refractivity (Wildman–Crippen MR) is 77.5 cm³/mol. The summed E-state index contributed by atoms with van der Waals surface area (Å²) in [5.41, 5.74) is 0. The van der Waals surface area contributed by atoms with Crippen LogP contribution in [0.4, 0.5) is 0 Å². The molecule has 1 amide bonds. The Morgan fingerprint density at radius 3 is 2.60 bits per heavy atom. The van der Waals surface area contributed by atoms with Crippen LogP contribution in [0.2, 0.25) is 0 Å². The van der Waals surface area contributed by atoms with E-state index in [0.29, 0.717) is 6.54 Å². The van der Waals surface area contributed by atoms with Crippen LogP contribution in [-0.4, -0.2) is 72.9 Å². The van der Waals surface area contributed by atoms with E-state index in [1.54, 1.807) is 12.0 Å². The van der Waals surface area contributed by atoms with Crippen LogP contribution in [0.25, 0.3) is 0 Å². The second kappa shape index (κ2) is 7.38. The molecule has 116 valence electrons. The molecular weight excluding hydrogens is 256 g/mol. The van der Waals surface area contributed by atoms with E-state index in [1.165, 1.54) is 19.3 Å². The number of hydrogen-bond donors (Lipinski definition) is 1. The van der Waals surface area contributed by atoms with Crippen LogP contribution in [0, 0.1) is 0 Å². The van der Waals surface area contributed by atoms with Crippen LogP contribution in [0.1, 0.15) is 38.5 Å². The minimum Gasteiger partial charge on any atom is -0.388 e. The summed E-state index contributed by atoms with van der Waals surface area (Å²) >= 11 is 0. The summed E-state index contributed by atoms with van der Waals surface area (Å²) in [4.78, 5) is 16.4. The number of aliphatic hydroxyl groups excluding tert-OH is 1. The number of carbonyl (C=O) groups is 1. The largest absolute Gasteiger partial charge is 0.388 e. The monoisotopic (exact) mass is 284 g/mol. The zero-order chi connectivity index (χ0) is 14.5. The highest BCUT2D eigenvalue weighted by Gasteiger charge is 2.36. The molecule has 0 spiro atoms. The summed E-state index contributed by atoms with van der Waals surface area (Å²) in [7, 11) is 3.45. The van der Waals surface area contributed by atoms with Crippen molar-refractivity contribution in [3.63, 3.8) is 0 Å². The van der Waals surface area contributed by atoms with Crippen molar-refractivity contribution in [1.82, 2.24) is 9.80 Å². The molecule has 1 N–H and O–H groups in total. The highest BCUT2D eigenvalue weighted by atomic mass is 16.5. The quantitative estimate of drug-likeness (QED) is 0.832. The maximum absolute atomic E-state index is 12.4. The Morgan fingerprint density at radius 1 is 1.25 bits per heavy atom. The van der Waals surface area contributed by atoms with Gasteiger partial charge in [0.25, 0.3) is 0 Å². The highest BCUT2D eigenvalue weighted by molar-refractivity contribution is 5.78. The molecule has 0 aromatic heterocycles. The first kappa shape index (κ1) is 15.7. The Balaban J connectivity index is 1.88. The summed E-state index contributed by atoms with van der Waals surface area (Å²) in [6, 6.07) is -0.106. The van der Waals surface area contributed by atoms with E-state index in [9.17, 15) is 9.90 Å². The van der Waals surface area contributed by atoms with Gasteiger partial charge in [0.1, 0.15) is 6.10 Å². The number of likely N-dealkylation sites (N-methyl/N-ethyl adjacent to an activating group) is 1. The molecule has 0 aromatic rings. The standard InChI is InChI=1S/C15H28N2O3/c1-16(12-7-6-8-13(20-2)15(12)19)14(18)11-17-9-4-3-5-10-17/h12-13,15,19H,3-11H2,1-2H3/t12-,13-,15-/m1/s1. The first-order valence-corrected chi connectivity index (χ1v) is 7.82. The molecule has 1 saturated carbocycles. The van der Waals surface area contributed by atoms with Gasteiger partial charge in [-0.2, -0.15) is 0 Å². The van der Waals surface area contributed by atoms with E-state index in [1.807, 2.05) is 7.05 Å². The number of rotatable bonds is 4. The van der Waals surface area contributed by atoms with E-state index in [2.05, 4.69) is 4.90 Å². The molecule has 1 aliphatic heterocycles. The van der Waals surface area contributed by atoms with Gasteiger partial charge in [0.05, 0.1) is 18.7 Å². The molecule has 1 aliphatic carbocycles. The zero-order valence-electron chi connectivity index (χ0n) is 12.8. The van der Waals surface area contributed by atoms with Crippen LogP contribution in [-0.2, 0) is 9.53 Å².